The molecule has 0 bridgehead atoms. The number of nitrogens with two attached hydrogens (primary N) is 1. The van der Waals surface area contributed by atoms with Gasteiger partial charge in [0.05, 0.1) is 29.5 Å². The number of rotatable bonds is 5. The molecule has 0 saturated heterocycles. The highest BCUT2D eigenvalue weighted by Crippen LogP contribution is 2.32. The summed E-state index contributed by atoms with van der Waals surface area (Å²) in [4.78, 5) is 2.07. The molecule has 0 fully saturated rings. The van der Waals surface area contributed by atoms with Gasteiger partial charge in [-0.15, -0.1) is 0 Å². The smallest absolute Gasteiger partial charge is 0.0837 e. The van der Waals surface area contributed by atoms with E-state index in [0.717, 1.165) is 17.8 Å². The van der Waals surface area contributed by atoms with E-state index in [-0.39, 0.29) is 0 Å². The summed E-state index contributed by atoms with van der Waals surface area (Å²) in [5.74, 6) is 0. The summed E-state index contributed by atoms with van der Waals surface area (Å²) in [5.41, 5.74) is 7.81. The fourth-order valence-corrected chi connectivity index (χ4v) is 2.73. The maximum Gasteiger partial charge on any atom is 0.0837 e. The van der Waals surface area contributed by atoms with Crippen LogP contribution < -0.4 is 5.73 Å². The fraction of sp³-hybridized carbons (Fsp3) is 0.357. The molecule has 114 valence electrons. The van der Waals surface area contributed by atoms with Gasteiger partial charge in [0.1, 0.15) is 0 Å². The summed E-state index contributed by atoms with van der Waals surface area (Å²) in [6.07, 6.45) is 1.60. The number of likely N-dealkylation sites (N-methyl/N-ethyl adjacent to an activating group) is 1. The number of nitrogens with zero attached hydrogens (tertiary/aromatic N) is 3. The molecule has 1 heterocycles. The van der Waals surface area contributed by atoms with Crippen LogP contribution in [0.2, 0.25) is 15.1 Å². The van der Waals surface area contributed by atoms with Gasteiger partial charge in [-0.25, -0.2) is 0 Å². The van der Waals surface area contributed by atoms with Crippen molar-refractivity contribution >= 4 is 34.8 Å². The largest absolute Gasteiger partial charge is 0.319 e. The van der Waals surface area contributed by atoms with Gasteiger partial charge in [0.25, 0.3) is 0 Å². The molecule has 0 radical (unpaired) electrons. The van der Waals surface area contributed by atoms with Gasteiger partial charge in [0.15, 0.2) is 0 Å². The molecule has 0 aliphatic carbocycles. The van der Waals surface area contributed by atoms with Gasteiger partial charge < -0.3 is 10.6 Å². The molecule has 7 heteroatoms. The zero-order valence-electron chi connectivity index (χ0n) is 11.9. The van der Waals surface area contributed by atoms with Crippen molar-refractivity contribution in [3.63, 3.8) is 0 Å². The summed E-state index contributed by atoms with van der Waals surface area (Å²) < 4.78 is 1.81. The number of halogens is 3. The standard InChI is InChI=1S/C14H17Cl3N4/c1-20(2)5-6-21-14(12(17)8-19-21)13(18)10-7-9(15)3-4-11(10)16/h3-4,7-8,13H,5-6,18H2,1-2H3. The van der Waals surface area contributed by atoms with Crippen LogP contribution in [0.15, 0.2) is 24.4 Å². The predicted octanol–water partition coefficient (Wildman–Crippen LogP) is 3.45. The molecule has 1 aromatic heterocycles. The van der Waals surface area contributed by atoms with Gasteiger partial charge in [-0.1, -0.05) is 34.8 Å². The topological polar surface area (TPSA) is 47.1 Å². The van der Waals surface area contributed by atoms with E-state index in [9.17, 15) is 0 Å². The summed E-state index contributed by atoms with van der Waals surface area (Å²) in [6.45, 7) is 1.53. The quantitative estimate of drug-likeness (QED) is 0.901. The van der Waals surface area contributed by atoms with Crippen LogP contribution in [-0.2, 0) is 6.54 Å². The maximum absolute atomic E-state index is 6.34. The number of aromatic nitrogens is 2. The third-order valence-electron chi connectivity index (χ3n) is 3.18. The van der Waals surface area contributed by atoms with Crippen molar-refractivity contribution in [1.29, 1.82) is 0 Å². The second-order valence-electron chi connectivity index (χ2n) is 5.05. The Kier molecular flexibility index (Phi) is 5.52. The minimum absolute atomic E-state index is 0.478. The molecule has 0 aliphatic heterocycles. The van der Waals surface area contributed by atoms with Gasteiger partial charge in [-0.3, -0.25) is 4.68 Å². The summed E-state index contributed by atoms with van der Waals surface area (Å²) in [6, 6.07) is 4.74. The Morgan fingerprint density at radius 2 is 1.95 bits per heavy atom. The van der Waals surface area contributed by atoms with E-state index in [2.05, 4.69) is 10.00 Å². The van der Waals surface area contributed by atoms with Crippen LogP contribution in [-0.4, -0.2) is 35.3 Å². The second kappa shape index (κ2) is 6.99. The second-order valence-corrected chi connectivity index (χ2v) is 6.30. The first-order valence-corrected chi connectivity index (χ1v) is 7.60. The third kappa shape index (κ3) is 3.90. The zero-order chi connectivity index (χ0) is 15.6. The lowest BCUT2D eigenvalue weighted by Crippen LogP contribution is -2.23. The lowest BCUT2D eigenvalue weighted by molar-refractivity contribution is 0.368. The van der Waals surface area contributed by atoms with Crippen molar-refractivity contribution in [2.75, 3.05) is 20.6 Å². The summed E-state index contributed by atoms with van der Waals surface area (Å²) in [7, 11) is 4.00. The van der Waals surface area contributed by atoms with Crippen LogP contribution in [0, 0.1) is 0 Å². The molecule has 0 spiro atoms. The number of hydrogen-bond donors (Lipinski definition) is 1. The van der Waals surface area contributed by atoms with Crippen molar-refractivity contribution in [1.82, 2.24) is 14.7 Å². The first-order valence-electron chi connectivity index (χ1n) is 6.46. The van der Waals surface area contributed by atoms with Crippen molar-refractivity contribution < 1.29 is 0 Å². The van der Waals surface area contributed by atoms with E-state index < -0.39 is 6.04 Å². The Hall–Kier alpha value is -0.780. The highest BCUT2D eigenvalue weighted by molar-refractivity contribution is 6.34. The molecule has 0 aliphatic rings. The van der Waals surface area contributed by atoms with Gasteiger partial charge in [-0.2, -0.15) is 5.10 Å². The fourth-order valence-electron chi connectivity index (χ4n) is 2.05. The highest BCUT2D eigenvalue weighted by atomic mass is 35.5. The molecule has 2 N–H and O–H groups in total. The zero-order valence-corrected chi connectivity index (χ0v) is 14.1. The van der Waals surface area contributed by atoms with Crippen molar-refractivity contribution in [3.8, 4) is 0 Å². The molecule has 0 amide bonds. The molecule has 2 rings (SSSR count). The lowest BCUT2D eigenvalue weighted by Gasteiger charge is -2.18. The van der Waals surface area contributed by atoms with E-state index in [0.29, 0.717) is 21.6 Å². The van der Waals surface area contributed by atoms with E-state index in [1.54, 1.807) is 24.4 Å². The lowest BCUT2D eigenvalue weighted by atomic mass is 10.0. The Balaban J connectivity index is 2.36. The van der Waals surface area contributed by atoms with E-state index in [1.807, 2.05) is 18.8 Å². The van der Waals surface area contributed by atoms with Crippen LogP contribution in [0.4, 0.5) is 0 Å². The molecule has 21 heavy (non-hydrogen) atoms. The summed E-state index contributed by atoms with van der Waals surface area (Å²) in [5, 5.41) is 5.96. The maximum atomic E-state index is 6.34. The Bertz CT molecular complexity index is 625. The number of hydrogen-bond acceptors (Lipinski definition) is 3. The third-order valence-corrected chi connectivity index (χ3v) is 4.05. The normalized spacial score (nSPS) is 12.9. The van der Waals surface area contributed by atoms with Gasteiger partial charge in [0, 0.05) is 16.6 Å². The van der Waals surface area contributed by atoms with Gasteiger partial charge in [-0.05, 0) is 37.9 Å². The molecular weight excluding hydrogens is 331 g/mol. The van der Waals surface area contributed by atoms with E-state index in [1.165, 1.54) is 0 Å². The first-order chi connectivity index (χ1) is 9.90. The molecular formula is C14H17Cl3N4. The van der Waals surface area contributed by atoms with E-state index in [4.69, 9.17) is 40.5 Å². The monoisotopic (exact) mass is 346 g/mol. The summed E-state index contributed by atoms with van der Waals surface area (Å²) >= 11 is 18.5. The molecule has 1 unspecified atom stereocenters. The molecule has 0 saturated carbocycles. The van der Waals surface area contributed by atoms with Crippen LogP contribution in [0.25, 0.3) is 0 Å². The van der Waals surface area contributed by atoms with Crippen molar-refractivity contribution in [3.05, 3.63) is 50.7 Å². The van der Waals surface area contributed by atoms with Gasteiger partial charge in [0.2, 0.25) is 0 Å². The highest BCUT2D eigenvalue weighted by Gasteiger charge is 2.21. The molecule has 4 nitrogen and oxygen atoms in total. The van der Waals surface area contributed by atoms with Crippen molar-refractivity contribution in [2.45, 2.75) is 12.6 Å². The van der Waals surface area contributed by atoms with Crippen LogP contribution in [0.3, 0.4) is 0 Å². The van der Waals surface area contributed by atoms with Crippen LogP contribution >= 0.6 is 34.8 Å². The SMILES string of the molecule is CN(C)CCn1ncc(Cl)c1C(N)c1cc(Cl)ccc1Cl. The van der Waals surface area contributed by atoms with Crippen LogP contribution in [0.1, 0.15) is 17.3 Å². The molecule has 1 atom stereocenters. The Morgan fingerprint density at radius 3 is 2.62 bits per heavy atom. The molecule has 2 aromatic rings. The van der Waals surface area contributed by atoms with Gasteiger partial charge >= 0.3 is 0 Å². The van der Waals surface area contributed by atoms with E-state index >= 15 is 0 Å². The molecule has 1 aromatic carbocycles. The van der Waals surface area contributed by atoms with Crippen molar-refractivity contribution in [2.24, 2.45) is 5.73 Å². The van der Waals surface area contributed by atoms with Crippen LogP contribution in [0.5, 0.6) is 0 Å². The number of benzene rings is 1. The minimum atomic E-state index is -0.478. The first kappa shape index (κ1) is 16.6. The minimum Gasteiger partial charge on any atom is -0.319 e. The average Bonchev–Trinajstić information content (AvgIpc) is 2.79. The Morgan fingerprint density at radius 1 is 1.24 bits per heavy atom. The average molecular weight is 348 g/mol. The predicted molar refractivity (Wildman–Crippen MR) is 88.3 cm³/mol. The Labute approximate surface area is 139 Å².